The number of hydrogen-bond acceptors (Lipinski definition) is 5. The molecule has 2 saturated heterocycles. The van der Waals surface area contributed by atoms with Gasteiger partial charge < -0.3 is 18.9 Å². The van der Waals surface area contributed by atoms with E-state index in [4.69, 9.17) is 4.74 Å². The van der Waals surface area contributed by atoms with Crippen LogP contribution in [0.5, 0.6) is 5.75 Å². The third-order valence-corrected chi connectivity index (χ3v) is 7.97. The van der Waals surface area contributed by atoms with Crippen LogP contribution >= 0.6 is 0 Å². The Morgan fingerprint density at radius 2 is 1.82 bits per heavy atom. The lowest BCUT2D eigenvalue weighted by molar-refractivity contribution is -0.840. The number of para-hydroxylation sites is 1. The fraction of sp³-hybridized carbons (Fsp3) is 0.400. The average Bonchev–Trinajstić information content (AvgIpc) is 3.28. The van der Waals surface area contributed by atoms with Crippen molar-refractivity contribution in [2.75, 3.05) is 31.1 Å². The standard InChI is InChI=1S/C30H33F3N3O3/c1-4-36(18-23-12-8-9-13-25(23)39-30(31,32)33)20-29(36)15-17-35(19-29)27-26(28(37)38-21(2)3)24(14-16-34-27)22-10-6-5-7-11-22/h5-14,16,21H,4,15,17-20H2,1-3H3/q+1. The molecule has 5 rings (SSSR count). The molecule has 3 heterocycles. The van der Waals surface area contributed by atoms with Gasteiger partial charge in [-0.2, -0.15) is 0 Å². The van der Waals surface area contributed by atoms with Crippen molar-refractivity contribution in [3.05, 3.63) is 78.0 Å². The van der Waals surface area contributed by atoms with E-state index in [9.17, 15) is 18.0 Å². The van der Waals surface area contributed by atoms with Crippen LogP contribution in [0.1, 0.15) is 43.1 Å². The molecule has 6 nitrogen and oxygen atoms in total. The van der Waals surface area contributed by atoms with Crippen molar-refractivity contribution in [2.45, 2.75) is 51.7 Å². The zero-order valence-corrected chi connectivity index (χ0v) is 22.4. The maximum absolute atomic E-state index is 13.4. The van der Waals surface area contributed by atoms with Gasteiger partial charge in [0.15, 0.2) is 5.54 Å². The normalized spacial score (nSPS) is 22.4. The van der Waals surface area contributed by atoms with Crippen LogP contribution in [-0.4, -0.2) is 59.6 Å². The fourth-order valence-electron chi connectivity index (χ4n) is 6.07. The number of likely N-dealkylation sites (N-methyl/N-ethyl adjacent to an activating group) is 1. The van der Waals surface area contributed by atoms with Gasteiger partial charge in [-0.1, -0.05) is 42.5 Å². The second kappa shape index (κ2) is 10.2. The van der Waals surface area contributed by atoms with E-state index in [1.54, 1.807) is 24.4 Å². The van der Waals surface area contributed by atoms with Crippen molar-refractivity contribution in [3.63, 3.8) is 0 Å². The van der Waals surface area contributed by atoms with Gasteiger partial charge in [0.2, 0.25) is 0 Å². The van der Waals surface area contributed by atoms with E-state index in [-0.39, 0.29) is 17.4 Å². The minimum absolute atomic E-state index is 0.135. The van der Waals surface area contributed by atoms with Gasteiger partial charge in [-0.3, -0.25) is 0 Å². The van der Waals surface area contributed by atoms with Crippen LogP contribution in [0, 0.1) is 0 Å². The van der Waals surface area contributed by atoms with E-state index < -0.39 is 12.3 Å². The minimum Gasteiger partial charge on any atom is -0.459 e. The molecule has 0 aliphatic carbocycles. The third kappa shape index (κ3) is 5.32. The number of aromatic nitrogens is 1. The average molecular weight is 541 g/mol. The summed E-state index contributed by atoms with van der Waals surface area (Å²) in [5.74, 6) is 0.0164. The number of benzene rings is 2. The highest BCUT2D eigenvalue weighted by Crippen LogP contribution is 2.52. The molecule has 206 valence electrons. The number of esters is 1. The van der Waals surface area contributed by atoms with Gasteiger partial charge in [-0.05, 0) is 44.5 Å². The summed E-state index contributed by atoms with van der Waals surface area (Å²) in [7, 11) is 0. The summed E-state index contributed by atoms with van der Waals surface area (Å²) >= 11 is 0. The highest BCUT2D eigenvalue weighted by atomic mass is 19.4. The summed E-state index contributed by atoms with van der Waals surface area (Å²) in [6, 6.07) is 17.9. The van der Waals surface area contributed by atoms with Gasteiger partial charge in [0.1, 0.15) is 30.2 Å². The third-order valence-electron chi connectivity index (χ3n) is 7.97. The summed E-state index contributed by atoms with van der Waals surface area (Å²) in [6.45, 7) is 9.10. The predicted molar refractivity (Wildman–Crippen MR) is 142 cm³/mol. The summed E-state index contributed by atoms with van der Waals surface area (Å²) in [4.78, 5) is 20.2. The van der Waals surface area contributed by atoms with Gasteiger partial charge >= 0.3 is 12.3 Å². The second-order valence-electron chi connectivity index (χ2n) is 10.7. The highest BCUT2D eigenvalue weighted by Gasteiger charge is 2.71. The Morgan fingerprint density at radius 3 is 2.51 bits per heavy atom. The molecule has 3 aromatic rings. The zero-order chi connectivity index (χ0) is 27.8. The van der Waals surface area contributed by atoms with Crippen molar-refractivity contribution in [1.29, 1.82) is 0 Å². The van der Waals surface area contributed by atoms with Gasteiger partial charge in [0, 0.05) is 30.3 Å². The first-order valence-corrected chi connectivity index (χ1v) is 13.3. The molecule has 0 N–H and O–H groups in total. The Bertz CT molecular complexity index is 1350. The predicted octanol–water partition coefficient (Wildman–Crippen LogP) is 6.21. The molecule has 2 atom stereocenters. The van der Waals surface area contributed by atoms with E-state index >= 15 is 0 Å². The number of halogens is 3. The number of pyridine rings is 1. The molecule has 2 aliphatic heterocycles. The molecule has 0 bridgehead atoms. The smallest absolute Gasteiger partial charge is 0.459 e. The summed E-state index contributed by atoms with van der Waals surface area (Å²) in [6.07, 6.45) is -2.47. The number of alkyl halides is 3. The zero-order valence-electron chi connectivity index (χ0n) is 22.4. The maximum Gasteiger partial charge on any atom is 0.573 e. The molecule has 9 heteroatoms. The van der Waals surface area contributed by atoms with Crippen LogP contribution in [0.2, 0.25) is 0 Å². The first-order chi connectivity index (χ1) is 18.6. The van der Waals surface area contributed by atoms with Crippen LogP contribution in [0.15, 0.2) is 66.9 Å². The Hall–Kier alpha value is -3.59. The van der Waals surface area contributed by atoms with Gasteiger partial charge in [0.05, 0.1) is 19.2 Å². The largest absolute Gasteiger partial charge is 0.573 e. The Morgan fingerprint density at radius 1 is 1.10 bits per heavy atom. The van der Waals surface area contributed by atoms with Crippen molar-refractivity contribution >= 4 is 11.8 Å². The number of nitrogens with zero attached hydrogens (tertiary/aromatic N) is 3. The Kier molecular flexibility index (Phi) is 7.05. The molecule has 0 saturated carbocycles. The molecule has 0 amide bonds. The number of quaternary nitrogens is 1. The van der Waals surface area contributed by atoms with Gasteiger partial charge in [-0.25, -0.2) is 9.78 Å². The van der Waals surface area contributed by atoms with Gasteiger partial charge in [0.25, 0.3) is 0 Å². The second-order valence-corrected chi connectivity index (χ2v) is 10.7. The van der Waals surface area contributed by atoms with Crippen LogP contribution in [0.4, 0.5) is 19.0 Å². The molecule has 1 aromatic heterocycles. The van der Waals surface area contributed by atoms with E-state index in [1.807, 2.05) is 50.2 Å². The molecule has 39 heavy (non-hydrogen) atoms. The monoisotopic (exact) mass is 540 g/mol. The molecule has 0 radical (unpaired) electrons. The summed E-state index contributed by atoms with van der Waals surface area (Å²) in [5, 5.41) is 0. The number of carbonyl (C=O) groups excluding carboxylic acids is 1. The van der Waals surface area contributed by atoms with Crippen LogP contribution in [0.25, 0.3) is 11.1 Å². The van der Waals surface area contributed by atoms with E-state index in [1.165, 1.54) is 6.07 Å². The van der Waals surface area contributed by atoms with Crippen LogP contribution < -0.4 is 9.64 Å². The summed E-state index contributed by atoms with van der Waals surface area (Å²) < 4.78 is 49.8. The highest BCUT2D eigenvalue weighted by molar-refractivity contribution is 6.02. The van der Waals surface area contributed by atoms with Crippen LogP contribution in [-0.2, 0) is 11.3 Å². The molecule has 2 aliphatic rings. The molecule has 2 unspecified atom stereocenters. The number of hydrogen-bond donors (Lipinski definition) is 0. The van der Waals surface area contributed by atoms with Crippen LogP contribution in [0.3, 0.4) is 0 Å². The lowest BCUT2D eigenvalue weighted by Gasteiger charge is -2.26. The Balaban J connectivity index is 1.45. The van der Waals surface area contributed by atoms with E-state index in [0.29, 0.717) is 41.1 Å². The van der Waals surface area contributed by atoms with E-state index in [0.717, 1.165) is 30.6 Å². The minimum atomic E-state index is -4.75. The molecule has 2 fully saturated rings. The number of ether oxygens (including phenoxy) is 2. The van der Waals surface area contributed by atoms with E-state index in [2.05, 4.69) is 21.5 Å². The summed E-state index contributed by atoms with van der Waals surface area (Å²) in [5.41, 5.74) is 2.50. The molecular formula is C30H33F3N3O3+. The van der Waals surface area contributed by atoms with Crippen molar-refractivity contribution in [2.24, 2.45) is 0 Å². The maximum atomic E-state index is 13.4. The molecule has 1 spiro atoms. The quantitative estimate of drug-likeness (QED) is 0.193. The number of carbonyl (C=O) groups is 1. The lowest BCUT2D eigenvalue weighted by atomic mass is 10.0. The van der Waals surface area contributed by atoms with Crippen molar-refractivity contribution in [1.82, 2.24) is 4.98 Å². The molecular weight excluding hydrogens is 507 g/mol. The number of rotatable bonds is 8. The topological polar surface area (TPSA) is 51.7 Å². The fourth-order valence-corrected chi connectivity index (χ4v) is 6.07. The van der Waals surface area contributed by atoms with Crippen molar-refractivity contribution in [3.8, 4) is 16.9 Å². The van der Waals surface area contributed by atoms with Gasteiger partial charge in [-0.15, -0.1) is 13.2 Å². The van der Waals surface area contributed by atoms with Crippen molar-refractivity contribution < 1.29 is 31.9 Å². The first-order valence-electron chi connectivity index (χ1n) is 13.3. The lowest BCUT2D eigenvalue weighted by Crippen LogP contribution is -2.38. The Labute approximate surface area is 226 Å². The SMILES string of the molecule is CC[N+]1(Cc2ccccc2OC(F)(F)F)CC12CCN(c1nccc(-c3ccccc3)c1C(=O)OC(C)C)C2. The first kappa shape index (κ1) is 27.0. The molecule has 2 aromatic carbocycles. The number of anilines is 1.